The summed E-state index contributed by atoms with van der Waals surface area (Å²) in [6.45, 7) is 1.21. The first-order valence-corrected chi connectivity index (χ1v) is 6.35. The van der Waals surface area contributed by atoms with E-state index in [1.807, 2.05) is 24.4 Å². The molecule has 1 amide bonds. The second kappa shape index (κ2) is 6.24. The molecule has 5 nitrogen and oxygen atoms in total. The largest absolute Gasteiger partial charge is 0.497 e. The standard InChI is InChI=1S/C14H19N3O2/c1-19-11-3-4-13-12(8-11)10(9-17-13)7-14(18)16-6-2-5-15/h3-4,8-9,17H,2,5-7,15H2,1H3,(H,16,18). The topological polar surface area (TPSA) is 80.1 Å². The molecular formula is C14H19N3O2. The van der Waals surface area contributed by atoms with Gasteiger partial charge in [0, 0.05) is 23.6 Å². The summed E-state index contributed by atoms with van der Waals surface area (Å²) in [5, 5.41) is 3.87. The lowest BCUT2D eigenvalue weighted by atomic mass is 10.1. The highest BCUT2D eigenvalue weighted by atomic mass is 16.5. The first-order chi connectivity index (χ1) is 9.24. The fourth-order valence-electron chi connectivity index (χ4n) is 2.00. The number of methoxy groups -OCH3 is 1. The fraction of sp³-hybridized carbons (Fsp3) is 0.357. The van der Waals surface area contributed by atoms with E-state index in [1.165, 1.54) is 0 Å². The molecule has 5 heteroatoms. The van der Waals surface area contributed by atoms with Crippen LogP contribution in [0.15, 0.2) is 24.4 Å². The highest BCUT2D eigenvalue weighted by Gasteiger charge is 2.09. The van der Waals surface area contributed by atoms with E-state index < -0.39 is 0 Å². The molecule has 0 saturated carbocycles. The van der Waals surface area contributed by atoms with Gasteiger partial charge in [-0.05, 0) is 36.7 Å². The molecule has 2 aromatic rings. The molecule has 1 heterocycles. The molecular weight excluding hydrogens is 242 g/mol. The molecule has 0 atom stereocenters. The normalized spacial score (nSPS) is 10.6. The Hall–Kier alpha value is -2.01. The number of nitrogens with two attached hydrogens (primary N) is 1. The summed E-state index contributed by atoms with van der Waals surface area (Å²) in [6, 6.07) is 5.78. The van der Waals surface area contributed by atoms with E-state index >= 15 is 0 Å². The van der Waals surface area contributed by atoms with E-state index in [2.05, 4.69) is 10.3 Å². The lowest BCUT2D eigenvalue weighted by Crippen LogP contribution is -2.27. The molecule has 0 spiro atoms. The lowest BCUT2D eigenvalue weighted by molar-refractivity contribution is -0.120. The van der Waals surface area contributed by atoms with E-state index in [9.17, 15) is 4.79 Å². The number of H-pyrrole nitrogens is 1. The van der Waals surface area contributed by atoms with Gasteiger partial charge in [-0.3, -0.25) is 4.79 Å². The summed E-state index contributed by atoms with van der Waals surface area (Å²) < 4.78 is 5.20. The van der Waals surface area contributed by atoms with Gasteiger partial charge < -0.3 is 20.8 Å². The lowest BCUT2D eigenvalue weighted by Gasteiger charge is -2.04. The van der Waals surface area contributed by atoms with Crippen molar-refractivity contribution in [2.45, 2.75) is 12.8 Å². The van der Waals surface area contributed by atoms with Gasteiger partial charge in [-0.2, -0.15) is 0 Å². The Kier molecular flexibility index (Phi) is 4.41. The zero-order chi connectivity index (χ0) is 13.7. The molecule has 1 aromatic heterocycles. The van der Waals surface area contributed by atoms with Crippen LogP contribution in [0, 0.1) is 0 Å². The molecule has 0 aliphatic heterocycles. The van der Waals surface area contributed by atoms with Gasteiger partial charge in [0.25, 0.3) is 0 Å². The number of aromatic nitrogens is 1. The molecule has 4 N–H and O–H groups in total. The second-order valence-corrected chi connectivity index (χ2v) is 4.39. The van der Waals surface area contributed by atoms with Crippen molar-refractivity contribution < 1.29 is 9.53 Å². The van der Waals surface area contributed by atoms with Gasteiger partial charge in [-0.25, -0.2) is 0 Å². The quantitative estimate of drug-likeness (QED) is 0.683. The zero-order valence-corrected chi connectivity index (χ0v) is 11.0. The van der Waals surface area contributed by atoms with Gasteiger partial charge in [0.05, 0.1) is 13.5 Å². The maximum Gasteiger partial charge on any atom is 0.224 e. The molecule has 0 radical (unpaired) electrons. The van der Waals surface area contributed by atoms with Crippen LogP contribution in [0.2, 0.25) is 0 Å². The van der Waals surface area contributed by atoms with Gasteiger partial charge >= 0.3 is 0 Å². The third kappa shape index (κ3) is 3.26. The maximum absolute atomic E-state index is 11.8. The van der Waals surface area contributed by atoms with Crippen molar-refractivity contribution in [2.75, 3.05) is 20.2 Å². The number of carbonyl (C=O) groups is 1. The average Bonchev–Trinajstić information content (AvgIpc) is 2.81. The molecule has 0 fully saturated rings. The minimum atomic E-state index is 0.0113. The molecule has 2 rings (SSSR count). The Morgan fingerprint density at radius 1 is 1.47 bits per heavy atom. The first kappa shape index (κ1) is 13.4. The Labute approximate surface area is 112 Å². The summed E-state index contributed by atoms with van der Waals surface area (Å²) in [5.41, 5.74) is 7.36. The second-order valence-electron chi connectivity index (χ2n) is 4.39. The maximum atomic E-state index is 11.8. The third-order valence-corrected chi connectivity index (χ3v) is 3.03. The zero-order valence-electron chi connectivity index (χ0n) is 11.0. The van der Waals surface area contributed by atoms with Crippen LogP contribution in [0.4, 0.5) is 0 Å². The third-order valence-electron chi connectivity index (χ3n) is 3.03. The minimum absolute atomic E-state index is 0.0113. The van der Waals surface area contributed by atoms with Crippen LogP contribution in [0.5, 0.6) is 5.75 Å². The van der Waals surface area contributed by atoms with Crippen LogP contribution in [-0.2, 0) is 11.2 Å². The number of rotatable bonds is 6. The SMILES string of the molecule is COc1ccc2[nH]cc(CC(=O)NCCCN)c2c1. The van der Waals surface area contributed by atoms with Crippen molar-refractivity contribution in [2.24, 2.45) is 5.73 Å². The van der Waals surface area contributed by atoms with Crippen LogP contribution in [-0.4, -0.2) is 31.1 Å². The van der Waals surface area contributed by atoms with Crippen molar-refractivity contribution in [1.29, 1.82) is 0 Å². The van der Waals surface area contributed by atoms with E-state index in [4.69, 9.17) is 10.5 Å². The molecule has 102 valence electrons. The monoisotopic (exact) mass is 261 g/mol. The Bertz CT molecular complexity index is 563. The summed E-state index contributed by atoms with van der Waals surface area (Å²) in [7, 11) is 1.63. The Balaban J connectivity index is 2.09. The highest BCUT2D eigenvalue weighted by Crippen LogP contribution is 2.23. The first-order valence-electron chi connectivity index (χ1n) is 6.35. The van der Waals surface area contributed by atoms with Crippen molar-refractivity contribution >= 4 is 16.8 Å². The fourth-order valence-corrected chi connectivity index (χ4v) is 2.00. The van der Waals surface area contributed by atoms with E-state index in [0.717, 1.165) is 28.6 Å². The summed E-state index contributed by atoms with van der Waals surface area (Å²) in [5.74, 6) is 0.800. The number of hydrogen-bond acceptors (Lipinski definition) is 3. The molecule has 1 aromatic carbocycles. The summed E-state index contributed by atoms with van der Waals surface area (Å²) >= 11 is 0. The average molecular weight is 261 g/mol. The number of aromatic amines is 1. The van der Waals surface area contributed by atoms with Gasteiger partial charge in [0.1, 0.15) is 5.75 Å². The van der Waals surface area contributed by atoms with Crippen molar-refractivity contribution in [3.8, 4) is 5.75 Å². The number of nitrogens with one attached hydrogen (secondary N) is 2. The molecule has 0 aliphatic rings. The summed E-state index contributed by atoms with van der Waals surface area (Å²) in [6.07, 6.45) is 3.03. The van der Waals surface area contributed by atoms with Crippen LogP contribution >= 0.6 is 0 Å². The van der Waals surface area contributed by atoms with Crippen LogP contribution < -0.4 is 15.8 Å². The Morgan fingerprint density at radius 3 is 3.05 bits per heavy atom. The van der Waals surface area contributed by atoms with Crippen LogP contribution in [0.3, 0.4) is 0 Å². The van der Waals surface area contributed by atoms with Gasteiger partial charge in [0.2, 0.25) is 5.91 Å². The number of fused-ring (bicyclic) bond motifs is 1. The molecule has 0 saturated heterocycles. The van der Waals surface area contributed by atoms with Crippen LogP contribution in [0.25, 0.3) is 10.9 Å². The van der Waals surface area contributed by atoms with Gasteiger partial charge in [-0.1, -0.05) is 0 Å². The number of benzene rings is 1. The molecule has 0 aliphatic carbocycles. The summed E-state index contributed by atoms with van der Waals surface area (Å²) in [4.78, 5) is 14.9. The van der Waals surface area contributed by atoms with Crippen molar-refractivity contribution in [1.82, 2.24) is 10.3 Å². The number of ether oxygens (including phenoxy) is 1. The predicted molar refractivity (Wildman–Crippen MR) is 75.2 cm³/mol. The van der Waals surface area contributed by atoms with Crippen LogP contribution in [0.1, 0.15) is 12.0 Å². The van der Waals surface area contributed by atoms with Gasteiger partial charge in [0.15, 0.2) is 0 Å². The molecule has 0 unspecified atom stereocenters. The smallest absolute Gasteiger partial charge is 0.224 e. The van der Waals surface area contributed by atoms with E-state index in [0.29, 0.717) is 19.5 Å². The number of carbonyl (C=O) groups excluding carboxylic acids is 1. The predicted octanol–water partition coefficient (Wildman–Crippen LogP) is 1.18. The van der Waals surface area contributed by atoms with E-state index in [-0.39, 0.29) is 5.91 Å². The van der Waals surface area contributed by atoms with Crippen molar-refractivity contribution in [3.05, 3.63) is 30.0 Å². The Morgan fingerprint density at radius 2 is 2.32 bits per heavy atom. The van der Waals surface area contributed by atoms with Gasteiger partial charge in [-0.15, -0.1) is 0 Å². The molecule has 19 heavy (non-hydrogen) atoms. The van der Waals surface area contributed by atoms with E-state index in [1.54, 1.807) is 7.11 Å². The minimum Gasteiger partial charge on any atom is -0.497 e. The molecule has 0 bridgehead atoms. The van der Waals surface area contributed by atoms with Crippen molar-refractivity contribution in [3.63, 3.8) is 0 Å². The number of hydrogen-bond donors (Lipinski definition) is 3. The highest BCUT2D eigenvalue weighted by molar-refractivity contribution is 5.89. The number of amides is 1.